The predicted molar refractivity (Wildman–Crippen MR) is 162 cm³/mol. The minimum absolute atomic E-state index is 0.0150. The summed E-state index contributed by atoms with van der Waals surface area (Å²) in [7, 11) is -2.19. The van der Waals surface area contributed by atoms with E-state index in [0.29, 0.717) is 32.8 Å². The first kappa shape index (κ1) is 30.8. The molecule has 39 heavy (non-hydrogen) atoms. The summed E-state index contributed by atoms with van der Waals surface area (Å²) in [5.74, 6) is 2.82. The molecule has 0 spiro atoms. The van der Waals surface area contributed by atoms with Gasteiger partial charge in [-0.15, -0.1) is 12.3 Å². The van der Waals surface area contributed by atoms with Crippen LogP contribution in [0.4, 0.5) is 0 Å². The van der Waals surface area contributed by atoms with Crippen LogP contribution in [0.3, 0.4) is 0 Å². The van der Waals surface area contributed by atoms with Crippen LogP contribution in [0.25, 0.3) is 0 Å². The summed E-state index contributed by atoms with van der Waals surface area (Å²) in [4.78, 5) is 0. The Morgan fingerprint density at radius 3 is 1.62 bits per heavy atom. The van der Waals surface area contributed by atoms with Crippen LogP contribution in [0.2, 0.25) is 18.1 Å². The van der Waals surface area contributed by atoms with Crippen LogP contribution in [0.15, 0.2) is 91.0 Å². The Bertz CT molecular complexity index is 1120. The molecular weight excluding hydrogens is 500 g/mol. The number of ether oxygens (including phenoxy) is 3. The highest BCUT2D eigenvalue weighted by molar-refractivity contribution is 6.74. The molecule has 3 aromatic carbocycles. The van der Waals surface area contributed by atoms with E-state index in [9.17, 15) is 0 Å². The molecule has 3 rings (SSSR count). The topological polar surface area (TPSA) is 36.9 Å². The number of benzene rings is 3. The highest BCUT2D eigenvalue weighted by Gasteiger charge is 2.43. The predicted octanol–water partition coefficient (Wildman–Crippen LogP) is 7.79. The van der Waals surface area contributed by atoms with Crippen LogP contribution in [0, 0.1) is 12.3 Å². The lowest BCUT2D eigenvalue weighted by atomic mass is 10.0. The van der Waals surface area contributed by atoms with Crippen molar-refractivity contribution in [2.45, 2.75) is 83.5 Å². The average Bonchev–Trinajstić information content (AvgIpc) is 2.92. The molecule has 0 amide bonds. The number of rotatable bonds is 15. The van der Waals surface area contributed by atoms with Crippen LogP contribution >= 0.6 is 0 Å². The minimum Gasteiger partial charge on any atom is -0.409 e. The van der Waals surface area contributed by atoms with Gasteiger partial charge in [-0.3, -0.25) is 0 Å². The molecule has 0 heterocycles. The quantitative estimate of drug-likeness (QED) is 0.145. The van der Waals surface area contributed by atoms with Crippen molar-refractivity contribution in [3.8, 4) is 12.3 Å². The van der Waals surface area contributed by atoms with Crippen molar-refractivity contribution in [2.24, 2.45) is 0 Å². The van der Waals surface area contributed by atoms with Gasteiger partial charge < -0.3 is 18.6 Å². The van der Waals surface area contributed by atoms with Gasteiger partial charge in [0.05, 0.1) is 38.6 Å². The molecule has 0 aliphatic carbocycles. The van der Waals surface area contributed by atoms with E-state index in [0.717, 1.165) is 16.7 Å². The first-order valence-electron chi connectivity index (χ1n) is 13.7. The molecule has 0 aromatic heterocycles. The van der Waals surface area contributed by atoms with Crippen LogP contribution < -0.4 is 0 Å². The number of terminal acetylenes is 1. The third-order valence-electron chi connectivity index (χ3n) is 7.29. The summed E-state index contributed by atoms with van der Waals surface area (Å²) in [5.41, 5.74) is 3.29. The maximum atomic E-state index is 7.01. The van der Waals surface area contributed by atoms with Gasteiger partial charge in [0.25, 0.3) is 0 Å². The van der Waals surface area contributed by atoms with Gasteiger partial charge in [-0.05, 0) is 34.8 Å². The molecular formula is C34H44O4Si. The molecule has 3 aromatic rings. The van der Waals surface area contributed by atoms with Gasteiger partial charge in [-0.1, -0.05) is 112 Å². The molecule has 0 N–H and O–H groups in total. The van der Waals surface area contributed by atoms with Gasteiger partial charge in [0.2, 0.25) is 0 Å². The number of hydrogen-bond acceptors (Lipinski definition) is 4. The first-order chi connectivity index (χ1) is 18.7. The Balaban J connectivity index is 1.89. The van der Waals surface area contributed by atoms with E-state index in [4.69, 9.17) is 25.1 Å². The van der Waals surface area contributed by atoms with Crippen molar-refractivity contribution in [1.82, 2.24) is 0 Å². The smallest absolute Gasteiger partial charge is 0.192 e. The fourth-order valence-electron chi connectivity index (χ4n) is 4.00. The second-order valence-electron chi connectivity index (χ2n) is 11.4. The van der Waals surface area contributed by atoms with Crippen LogP contribution in [0.5, 0.6) is 0 Å². The van der Waals surface area contributed by atoms with Gasteiger partial charge in [-0.25, -0.2) is 0 Å². The standard InChI is InChI=1S/C34H44O4Si/c1-7-17-31(36-25-29-20-13-9-14-21-29)33(37-26-30-22-15-10-16-23-30)32(38-39(5,6)34(2,3)4)27-35-24-28-18-11-8-12-19-28/h1,8-16,18-23,31-33H,17,24-27H2,2-6H3/t31-,32-,33+/m1/s1. The van der Waals surface area contributed by atoms with E-state index in [1.54, 1.807) is 0 Å². The van der Waals surface area contributed by atoms with Crippen molar-refractivity contribution in [3.63, 3.8) is 0 Å². The summed E-state index contributed by atoms with van der Waals surface area (Å²) in [6.45, 7) is 13.0. The third-order valence-corrected chi connectivity index (χ3v) is 11.8. The van der Waals surface area contributed by atoms with Gasteiger partial charge in [-0.2, -0.15) is 0 Å². The zero-order chi connectivity index (χ0) is 28.1. The second kappa shape index (κ2) is 15.2. The van der Waals surface area contributed by atoms with E-state index in [1.165, 1.54) is 0 Å². The molecule has 0 fully saturated rings. The van der Waals surface area contributed by atoms with E-state index in [-0.39, 0.29) is 17.2 Å². The normalized spacial score (nSPS) is 14.4. The lowest BCUT2D eigenvalue weighted by Gasteiger charge is -2.42. The van der Waals surface area contributed by atoms with Gasteiger partial charge in [0.1, 0.15) is 6.10 Å². The Labute approximate surface area is 236 Å². The summed E-state index contributed by atoms with van der Waals surface area (Å²) < 4.78 is 26.4. The molecule has 0 unspecified atom stereocenters. The summed E-state index contributed by atoms with van der Waals surface area (Å²) >= 11 is 0. The van der Waals surface area contributed by atoms with Crippen LogP contribution in [0.1, 0.15) is 43.9 Å². The Morgan fingerprint density at radius 1 is 0.692 bits per heavy atom. The molecule has 0 aliphatic heterocycles. The Kier molecular flexibility index (Phi) is 12.0. The molecule has 0 bridgehead atoms. The van der Waals surface area contributed by atoms with E-state index in [2.05, 4.69) is 76.2 Å². The van der Waals surface area contributed by atoms with Gasteiger partial charge >= 0.3 is 0 Å². The fourth-order valence-corrected chi connectivity index (χ4v) is 5.32. The fraction of sp³-hybridized carbons (Fsp3) is 0.412. The average molecular weight is 545 g/mol. The van der Waals surface area contributed by atoms with Gasteiger partial charge in [0.15, 0.2) is 8.32 Å². The molecule has 0 aliphatic rings. The van der Waals surface area contributed by atoms with Gasteiger partial charge in [0, 0.05) is 6.42 Å². The lowest BCUT2D eigenvalue weighted by Crippen LogP contribution is -2.52. The van der Waals surface area contributed by atoms with E-state index < -0.39 is 14.4 Å². The molecule has 5 heteroatoms. The van der Waals surface area contributed by atoms with Crippen molar-refractivity contribution < 1.29 is 18.6 Å². The SMILES string of the molecule is C#CC[C@@H](OCc1ccccc1)[C@H](OCc1ccccc1)[C@@H](COCc1ccccc1)O[Si](C)(C)C(C)(C)C. The van der Waals surface area contributed by atoms with Crippen molar-refractivity contribution in [2.75, 3.05) is 6.61 Å². The summed E-state index contributed by atoms with van der Waals surface area (Å²) in [5, 5.41) is 0.0150. The molecule has 4 nitrogen and oxygen atoms in total. The summed E-state index contributed by atoms with van der Waals surface area (Å²) in [6.07, 6.45) is 5.13. The maximum absolute atomic E-state index is 7.01. The molecule has 208 valence electrons. The molecule has 3 atom stereocenters. The minimum atomic E-state index is -2.19. The van der Waals surface area contributed by atoms with Crippen molar-refractivity contribution >= 4 is 8.32 Å². The Morgan fingerprint density at radius 2 is 1.15 bits per heavy atom. The zero-order valence-electron chi connectivity index (χ0n) is 24.1. The number of hydrogen-bond donors (Lipinski definition) is 0. The molecule has 0 saturated heterocycles. The van der Waals surface area contributed by atoms with Crippen LogP contribution in [-0.4, -0.2) is 33.2 Å². The van der Waals surface area contributed by atoms with E-state index in [1.807, 2.05) is 54.6 Å². The highest BCUT2D eigenvalue weighted by Crippen LogP contribution is 2.38. The third kappa shape index (κ3) is 10.1. The van der Waals surface area contributed by atoms with Crippen molar-refractivity contribution in [3.05, 3.63) is 108 Å². The van der Waals surface area contributed by atoms with Crippen molar-refractivity contribution in [1.29, 1.82) is 0 Å². The van der Waals surface area contributed by atoms with Crippen LogP contribution in [-0.2, 0) is 38.5 Å². The lowest BCUT2D eigenvalue weighted by molar-refractivity contribution is -0.141. The largest absolute Gasteiger partial charge is 0.409 e. The monoisotopic (exact) mass is 544 g/mol. The first-order valence-corrected chi connectivity index (χ1v) is 16.6. The maximum Gasteiger partial charge on any atom is 0.192 e. The van der Waals surface area contributed by atoms with E-state index >= 15 is 0 Å². The zero-order valence-corrected chi connectivity index (χ0v) is 25.1. The Hall–Kier alpha value is -2.72. The molecule has 0 radical (unpaired) electrons. The highest BCUT2D eigenvalue weighted by atomic mass is 28.4. The second-order valence-corrected chi connectivity index (χ2v) is 16.2. The summed E-state index contributed by atoms with van der Waals surface area (Å²) in [6, 6.07) is 30.5. The molecule has 0 saturated carbocycles.